The number of ether oxygens (including phenoxy) is 2. The first-order chi connectivity index (χ1) is 12.2. The van der Waals surface area contributed by atoms with E-state index in [-0.39, 0.29) is 18.5 Å². The van der Waals surface area contributed by atoms with Crippen LogP contribution in [-0.2, 0) is 4.79 Å². The first kappa shape index (κ1) is 16.8. The minimum atomic E-state index is -0.389. The number of hydrogen-bond acceptors (Lipinski definition) is 5. The van der Waals surface area contributed by atoms with E-state index in [9.17, 15) is 4.79 Å². The Morgan fingerprint density at radius 1 is 1.20 bits per heavy atom. The lowest BCUT2D eigenvalue weighted by atomic mass is 10.2. The van der Waals surface area contributed by atoms with Crippen molar-refractivity contribution in [3.05, 3.63) is 53.6 Å². The van der Waals surface area contributed by atoms with Gasteiger partial charge in [-0.3, -0.25) is 15.2 Å². The molecule has 0 aliphatic rings. The van der Waals surface area contributed by atoms with Gasteiger partial charge in [0.05, 0.1) is 12.1 Å². The van der Waals surface area contributed by atoms with E-state index in [1.54, 1.807) is 31.4 Å². The van der Waals surface area contributed by atoms with Gasteiger partial charge < -0.3 is 9.47 Å². The quantitative estimate of drug-likeness (QED) is 0.706. The third-order valence-corrected chi connectivity index (χ3v) is 3.61. The van der Waals surface area contributed by atoms with Crippen LogP contribution in [0.25, 0.3) is 11.4 Å². The number of anilines is 1. The molecule has 3 aromatic rings. The third kappa shape index (κ3) is 4.27. The highest BCUT2D eigenvalue weighted by molar-refractivity contribution is 6.32. The Kier molecular flexibility index (Phi) is 5.15. The Hall–Kier alpha value is -3.06. The molecule has 7 nitrogen and oxygen atoms in total. The summed E-state index contributed by atoms with van der Waals surface area (Å²) in [5.41, 5.74) is 0.820. The highest BCUT2D eigenvalue weighted by atomic mass is 35.5. The lowest BCUT2D eigenvalue weighted by molar-refractivity contribution is -0.118. The fourth-order valence-corrected chi connectivity index (χ4v) is 2.25. The second kappa shape index (κ2) is 7.67. The fourth-order valence-electron chi connectivity index (χ4n) is 2.06. The zero-order chi connectivity index (χ0) is 17.6. The van der Waals surface area contributed by atoms with Crippen LogP contribution in [0.1, 0.15) is 0 Å². The molecule has 0 bridgehead atoms. The number of methoxy groups -OCH3 is 1. The van der Waals surface area contributed by atoms with Crippen LogP contribution < -0.4 is 14.8 Å². The van der Waals surface area contributed by atoms with Crippen LogP contribution in [0.4, 0.5) is 5.95 Å². The molecule has 0 saturated heterocycles. The summed E-state index contributed by atoms with van der Waals surface area (Å²) >= 11 is 5.97. The Balaban J connectivity index is 1.59. The van der Waals surface area contributed by atoms with Gasteiger partial charge in [-0.15, -0.1) is 5.10 Å². The van der Waals surface area contributed by atoms with E-state index in [1.807, 2.05) is 24.3 Å². The van der Waals surface area contributed by atoms with E-state index in [2.05, 4.69) is 20.5 Å². The van der Waals surface area contributed by atoms with Gasteiger partial charge in [0.25, 0.3) is 5.91 Å². The van der Waals surface area contributed by atoms with Crippen LogP contribution in [0.5, 0.6) is 11.5 Å². The molecule has 25 heavy (non-hydrogen) atoms. The summed E-state index contributed by atoms with van der Waals surface area (Å²) in [5, 5.41) is 9.73. The summed E-state index contributed by atoms with van der Waals surface area (Å²) < 4.78 is 10.5. The zero-order valence-electron chi connectivity index (χ0n) is 13.3. The van der Waals surface area contributed by atoms with Crippen molar-refractivity contribution in [1.82, 2.24) is 15.2 Å². The SMILES string of the molecule is COc1ccc(-c2nc(NC(=O)COc3ccccc3Cl)n[nH]2)cc1. The van der Waals surface area contributed by atoms with Crippen molar-refractivity contribution in [2.24, 2.45) is 0 Å². The molecule has 1 heterocycles. The largest absolute Gasteiger partial charge is 0.497 e. The summed E-state index contributed by atoms with van der Waals surface area (Å²) in [7, 11) is 1.60. The summed E-state index contributed by atoms with van der Waals surface area (Å²) in [6.07, 6.45) is 0. The van der Waals surface area contributed by atoms with E-state index in [1.165, 1.54) is 0 Å². The van der Waals surface area contributed by atoms with Crippen LogP contribution in [-0.4, -0.2) is 34.8 Å². The van der Waals surface area contributed by atoms with Crippen LogP contribution in [0.15, 0.2) is 48.5 Å². The van der Waals surface area contributed by atoms with E-state index in [0.717, 1.165) is 11.3 Å². The Morgan fingerprint density at radius 2 is 1.96 bits per heavy atom. The summed E-state index contributed by atoms with van der Waals surface area (Å²) in [5.74, 6) is 1.49. The van der Waals surface area contributed by atoms with Crippen molar-refractivity contribution in [1.29, 1.82) is 0 Å². The summed E-state index contributed by atoms with van der Waals surface area (Å²) in [4.78, 5) is 16.2. The van der Waals surface area contributed by atoms with Crippen molar-refractivity contribution in [3.63, 3.8) is 0 Å². The number of H-pyrrole nitrogens is 1. The third-order valence-electron chi connectivity index (χ3n) is 3.30. The molecule has 0 radical (unpaired) electrons. The van der Waals surface area contributed by atoms with Gasteiger partial charge in [-0.2, -0.15) is 4.98 Å². The Labute approximate surface area is 148 Å². The second-order valence-electron chi connectivity index (χ2n) is 5.00. The smallest absolute Gasteiger partial charge is 0.264 e. The average Bonchev–Trinajstić information content (AvgIpc) is 3.09. The molecular formula is C17H15ClN4O3. The monoisotopic (exact) mass is 358 g/mol. The summed E-state index contributed by atoms with van der Waals surface area (Å²) in [6, 6.07) is 14.2. The molecule has 3 rings (SSSR count). The maximum Gasteiger partial charge on any atom is 0.264 e. The van der Waals surface area contributed by atoms with Crippen LogP contribution >= 0.6 is 11.6 Å². The first-order valence-corrected chi connectivity index (χ1v) is 7.77. The van der Waals surface area contributed by atoms with Gasteiger partial charge in [0.2, 0.25) is 5.95 Å². The van der Waals surface area contributed by atoms with Gasteiger partial charge in [-0.25, -0.2) is 0 Å². The van der Waals surface area contributed by atoms with Crippen LogP contribution in [0.2, 0.25) is 5.02 Å². The van der Waals surface area contributed by atoms with E-state index >= 15 is 0 Å². The number of benzene rings is 2. The van der Waals surface area contributed by atoms with Crippen molar-refractivity contribution in [2.75, 3.05) is 19.0 Å². The molecule has 0 atom stereocenters. The maximum absolute atomic E-state index is 11.9. The maximum atomic E-state index is 11.9. The molecule has 0 unspecified atom stereocenters. The number of amides is 1. The van der Waals surface area contributed by atoms with Crippen LogP contribution in [0.3, 0.4) is 0 Å². The number of carbonyl (C=O) groups excluding carboxylic acids is 1. The van der Waals surface area contributed by atoms with Gasteiger partial charge in [-0.1, -0.05) is 23.7 Å². The van der Waals surface area contributed by atoms with E-state index in [0.29, 0.717) is 16.6 Å². The van der Waals surface area contributed by atoms with Gasteiger partial charge >= 0.3 is 0 Å². The molecule has 2 aromatic carbocycles. The van der Waals surface area contributed by atoms with Crippen molar-refractivity contribution in [2.45, 2.75) is 0 Å². The predicted octanol–water partition coefficient (Wildman–Crippen LogP) is 3.15. The molecule has 8 heteroatoms. The molecular weight excluding hydrogens is 344 g/mol. The second-order valence-corrected chi connectivity index (χ2v) is 5.41. The molecule has 0 saturated carbocycles. The van der Waals surface area contributed by atoms with Crippen molar-refractivity contribution in [3.8, 4) is 22.9 Å². The minimum Gasteiger partial charge on any atom is -0.497 e. The van der Waals surface area contributed by atoms with Gasteiger partial charge in [0, 0.05) is 5.56 Å². The molecule has 1 amide bonds. The minimum absolute atomic E-state index is 0.165. The fraction of sp³-hybridized carbons (Fsp3) is 0.118. The molecule has 2 N–H and O–H groups in total. The summed E-state index contributed by atoms with van der Waals surface area (Å²) in [6.45, 7) is -0.198. The molecule has 1 aromatic heterocycles. The highest BCUT2D eigenvalue weighted by Crippen LogP contribution is 2.23. The number of nitrogens with one attached hydrogen (secondary N) is 2. The molecule has 0 spiro atoms. The molecule has 0 aliphatic heterocycles. The number of hydrogen-bond donors (Lipinski definition) is 2. The van der Waals surface area contributed by atoms with E-state index in [4.69, 9.17) is 21.1 Å². The van der Waals surface area contributed by atoms with Gasteiger partial charge in [0.15, 0.2) is 12.4 Å². The number of aromatic nitrogens is 3. The first-order valence-electron chi connectivity index (χ1n) is 7.39. The number of halogens is 1. The van der Waals surface area contributed by atoms with Gasteiger partial charge in [0.1, 0.15) is 11.5 Å². The molecule has 0 fully saturated rings. The Morgan fingerprint density at radius 3 is 2.68 bits per heavy atom. The standard InChI is InChI=1S/C17H15ClN4O3/c1-24-12-8-6-11(7-9-12)16-20-17(22-21-16)19-15(23)10-25-14-5-3-2-4-13(14)18/h2-9H,10H2,1H3,(H2,19,20,21,22,23). The van der Waals surface area contributed by atoms with Crippen LogP contribution in [0, 0.1) is 0 Å². The number of aromatic amines is 1. The number of carbonyl (C=O) groups is 1. The highest BCUT2D eigenvalue weighted by Gasteiger charge is 2.10. The Bertz CT molecular complexity index is 864. The lowest BCUT2D eigenvalue weighted by Gasteiger charge is -2.06. The van der Waals surface area contributed by atoms with Crippen molar-refractivity contribution >= 4 is 23.5 Å². The number of para-hydroxylation sites is 1. The average molecular weight is 359 g/mol. The molecule has 0 aliphatic carbocycles. The van der Waals surface area contributed by atoms with Gasteiger partial charge in [-0.05, 0) is 36.4 Å². The molecule has 128 valence electrons. The lowest BCUT2D eigenvalue weighted by Crippen LogP contribution is -2.20. The van der Waals surface area contributed by atoms with Crippen molar-refractivity contribution < 1.29 is 14.3 Å². The normalized spacial score (nSPS) is 10.3. The number of nitrogens with zero attached hydrogens (tertiary/aromatic N) is 2. The number of rotatable bonds is 6. The van der Waals surface area contributed by atoms with E-state index < -0.39 is 0 Å². The zero-order valence-corrected chi connectivity index (χ0v) is 14.1. The predicted molar refractivity (Wildman–Crippen MR) is 93.9 cm³/mol. The topological polar surface area (TPSA) is 89.1 Å².